The summed E-state index contributed by atoms with van der Waals surface area (Å²) in [5.41, 5.74) is 0.768. The van der Waals surface area contributed by atoms with Crippen LogP contribution in [0.2, 0.25) is 0 Å². The first-order valence-electron chi connectivity index (χ1n) is 7.96. The first kappa shape index (κ1) is 16.4. The van der Waals surface area contributed by atoms with E-state index < -0.39 is 10.0 Å². The van der Waals surface area contributed by atoms with Gasteiger partial charge in [0.2, 0.25) is 15.9 Å². The summed E-state index contributed by atoms with van der Waals surface area (Å²) in [7, 11) is -1.81. The number of ether oxygens (including phenoxy) is 1. The van der Waals surface area contributed by atoms with E-state index in [0.717, 1.165) is 24.9 Å². The van der Waals surface area contributed by atoms with Gasteiger partial charge >= 0.3 is 0 Å². The molecule has 0 aromatic heterocycles. The van der Waals surface area contributed by atoms with E-state index in [4.69, 9.17) is 4.74 Å². The summed E-state index contributed by atoms with van der Waals surface area (Å²) in [6.07, 6.45) is 3.00. The van der Waals surface area contributed by atoms with Gasteiger partial charge in [-0.05, 0) is 43.5 Å². The Morgan fingerprint density at radius 3 is 2.26 bits per heavy atom. The lowest BCUT2D eigenvalue weighted by molar-refractivity contribution is -0.117. The normalized spacial score (nSPS) is 21.1. The van der Waals surface area contributed by atoms with Crippen molar-refractivity contribution in [2.24, 2.45) is 0 Å². The van der Waals surface area contributed by atoms with Gasteiger partial charge in [-0.2, -0.15) is 4.31 Å². The number of carbonyl (C=O) groups excluding carboxylic acids is 1. The molecule has 6 nitrogen and oxygen atoms in total. The molecule has 0 bridgehead atoms. The van der Waals surface area contributed by atoms with Gasteiger partial charge in [-0.1, -0.05) is 0 Å². The highest BCUT2D eigenvalue weighted by atomic mass is 32.2. The van der Waals surface area contributed by atoms with Gasteiger partial charge in [0.25, 0.3) is 0 Å². The fraction of sp³-hybridized carbons (Fsp3) is 0.562. The maximum atomic E-state index is 12.7. The molecular formula is C16H22N2O4S. The number of hydrogen-bond donors (Lipinski definition) is 0. The molecule has 1 amide bonds. The largest absolute Gasteiger partial charge is 0.381 e. The van der Waals surface area contributed by atoms with Gasteiger partial charge in [0.1, 0.15) is 0 Å². The summed E-state index contributed by atoms with van der Waals surface area (Å²) in [4.78, 5) is 13.7. The van der Waals surface area contributed by atoms with Crippen LogP contribution in [-0.2, 0) is 19.6 Å². The van der Waals surface area contributed by atoms with Crippen LogP contribution in [0.4, 0.5) is 5.69 Å². The van der Waals surface area contributed by atoms with Crippen LogP contribution in [0.15, 0.2) is 29.2 Å². The molecule has 0 unspecified atom stereocenters. The number of methoxy groups -OCH3 is 1. The minimum atomic E-state index is -3.47. The van der Waals surface area contributed by atoms with Gasteiger partial charge in [-0.3, -0.25) is 4.79 Å². The molecule has 0 N–H and O–H groups in total. The molecule has 0 spiro atoms. The third-order valence-corrected chi connectivity index (χ3v) is 6.51. The highest BCUT2D eigenvalue weighted by Crippen LogP contribution is 2.26. The number of nitrogens with zero attached hydrogens (tertiary/aromatic N) is 2. The van der Waals surface area contributed by atoms with Crippen LogP contribution in [-0.4, -0.2) is 51.5 Å². The number of hydrogen-bond acceptors (Lipinski definition) is 4. The zero-order chi connectivity index (χ0) is 16.4. The fourth-order valence-electron chi connectivity index (χ4n) is 3.18. The predicted octanol–water partition coefficient (Wildman–Crippen LogP) is 1.61. The number of carbonyl (C=O) groups is 1. The van der Waals surface area contributed by atoms with Crippen molar-refractivity contribution in [3.05, 3.63) is 24.3 Å². The van der Waals surface area contributed by atoms with E-state index >= 15 is 0 Å². The quantitative estimate of drug-likeness (QED) is 0.836. The molecule has 0 atom stereocenters. The van der Waals surface area contributed by atoms with Crippen molar-refractivity contribution in [1.29, 1.82) is 0 Å². The molecule has 0 aliphatic carbocycles. The highest BCUT2D eigenvalue weighted by Gasteiger charge is 2.29. The highest BCUT2D eigenvalue weighted by molar-refractivity contribution is 7.89. The number of rotatable bonds is 4. The maximum absolute atomic E-state index is 12.7. The second kappa shape index (κ2) is 6.59. The SMILES string of the molecule is COC1CCN(S(=O)(=O)c2ccc(N3CCCC3=O)cc2)CC1. The molecule has 2 heterocycles. The van der Waals surface area contributed by atoms with Crippen molar-refractivity contribution >= 4 is 21.6 Å². The van der Waals surface area contributed by atoms with E-state index in [1.54, 1.807) is 36.3 Å². The molecule has 1 aromatic rings. The van der Waals surface area contributed by atoms with Gasteiger partial charge < -0.3 is 9.64 Å². The summed E-state index contributed by atoms with van der Waals surface area (Å²) in [5, 5.41) is 0. The Bertz CT molecular complexity index is 664. The Morgan fingerprint density at radius 2 is 1.74 bits per heavy atom. The molecule has 2 saturated heterocycles. The molecule has 1 aromatic carbocycles. The summed E-state index contributed by atoms with van der Waals surface area (Å²) in [5.74, 6) is 0.0993. The second-order valence-corrected chi connectivity index (χ2v) is 7.92. The Kier molecular flexibility index (Phi) is 4.70. The number of piperidine rings is 1. The lowest BCUT2D eigenvalue weighted by atomic mass is 10.1. The minimum Gasteiger partial charge on any atom is -0.381 e. The lowest BCUT2D eigenvalue weighted by Gasteiger charge is -2.30. The van der Waals surface area contributed by atoms with E-state index in [1.165, 1.54) is 4.31 Å². The number of sulfonamides is 1. The molecule has 3 rings (SSSR count). The zero-order valence-electron chi connectivity index (χ0n) is 13.3. The van der Waals surface area contributed by atoms with Crippen LogP contribution in [0.25, 0.3) is 0 Å². The molecule has 0 saturated carbocycles. The Morgan fingerprint density at radius 1 is 1.09 bits per heavy atom. The average Bonchev–Trinajstić information content (AvgIpc) is 3.01. The van der Waals surface area contributed by atoms with Gasteiger partial charge in [0.15, 0.2) is 0 Å². The molecule has 2 aliphatic heterocycles. The second-order valence-electron chi connectivity index (χ2n) is 5.98. The summed E-state index contributed by atoms with van der Waals surface area (Å²) < 4.78 is 32.2. The van der Waals surface area contributed by atoms with Crippen molar-refractivity contribution in [1.82, 2.24) is 4.31 Å². The van der Waals surface area contributed by atoms with Crippen molar-refractivity contribution in [3.8, 4) is 0 Å². The van der Waals surface area contributed by atoms with Gasteiger partial charge in [-0.25, -0.2) is 8.42 Å². The van der Waals surface area contributed by atoms with E-state index in [1.807, 2.05) is 0 Å². The van der Waals surface area contributed by atoms with Crippen molar-refractivity contribution in [2.45, 2.75) is 36.7 Å². The van der Waals surface area contributed by atoms with Crippen LogP contribution in [0.5, 0.6) is 0 Å². The summed E-state index contributed by atoms with van der Waals surface area (Å²) >= 11 is 0. The average molecular weight is 338 g/mol. The fourth-order valence-corrected chi connectivity index (χ4v) is 4.65. The van der Waals surface area contributed by atoms with Crippen LogP contribution >= 0.6 is 0 Å². The van der Waals surface area contributed by atoms with Crippen LogP contribution in [0.1, 0.15) is 25.7 Å². The van der Waals surface area contributed by atoms with E-state index in [-0.39, 0.29) is 16.9 Å². The lowest BCUT2D eigenvalue weighted by Crippen LogP contribution is -2.40. The standard InChI is InChI=1S/C16H22N2O4S/c1-22-14-8-11-17(12-9-14)23(20,21)15-6-4-13(5-7-15)18-10-2-3-16(18)19/h4-7,14H,2-3,8-12H2,1H3. The van der Waals surface area contributed by atoms with Crippen molar-refractivity contribution < 1.29 is 17.9 Å². The smallest absolute Gasteiger partial charge is 0.243 e. The van der Waals surface area contributed by atoms with E-state index in [0.29, 0.717) is 26.1 Å². The summed E-state index contributed by atoms with van der Waals surface area (Å²) in [6.45, 7) is 1.66. The molecule has 2 fully saturated rings. The monoisotopic (exact) mass is 338 g/mol. The zero-order valence-corrected chi connectivity index (χ0v) is 14.1. The number of amides is 1. The summed E-state index contributed by atoms with van der Waals surface area (Å²) in [6, 6.07) is 6.63. The molecule has 0 radical (unpaired) electrons. The van der Waals surface area contributed by atoms with Gasteiger partial charge in [0.05, 0.1) is 11.0 Å². The third kappa shape index (κ3) is 3.27. The molecule has 2 aliphatic rings. The van der Waals surface area contributed by atoms with Crippen molar-refractivity contribution in [2.75, 3.05) is 31.6 Å². The number of anilines is 1. The first-order chi connectivity index (χ1) is 11.0. The third-order valence-electron chi connectivity index (χ3n) is 4.59. The van der Waals surface area contributed by atoms with Crippen LogP contribution in [0.3, 0.4) is 0 Å². The van der Waals surface area contributed by atoms with Gasteiger partial charge in [0, 0.05) is 38.9 Å². The van der Waals surface area contributed by atoms with E-state index in [2.05, 4.69) is 0 Å². The molecule has 23 heavy (non-hydrogen) atoms. The maximum Gasteiger partial charge on any atom is 0.243 e. The van der Waals surface area contributed by atoms with Gasteiger partial charge in [-0.15, -0.1) is 0 Å². The van der Waals surface area contributed by atoms with E-state index in [9.17, 15) is 13.2 Å². The first-order valence-corrected chi connectivity index (χ1v) is 9.40. The number of benzene rings is 1. The Labute approximate surface area is 137 Å². The minimum absolute atomic E-state index is 0.0993. The molecule has 7 heteroatoms. The van der Waals surface area contributed by atoms with Crippen LogP contribution in [0, 0.1) is 0 Å². The molecule has 126 valence electrons. The van der Waals surface area contributed by atoms with Crippen LogP contribution < -0.4 is 4.90 Å². The molecular weight excluding hydrogens is 316 g/mol. The van der Waals surface area contributed by atoms with Crippen molar-refractivity contribution in [3.63, 3.8) is 0 Å². The topological polar surface area (TPSA) is 66.9 Å². The predicted molar refractivity (Wildman–Crippen MR) is 86.8 cm³/mol. The Balaban J connectivity index is 1.74. The Hall–Kier alpha value is -1.44.